The summed E-state index contributed by atoms with van der Waals surface area (Å²) in [5.74, 6) is 0.900. The van der Waals surface area contributed by atoms with Crippen LogP contribution >= 0.6 is 24.0 Å². The minimum atomic E-state index is -0.141. The van der Waals surface area contributed by atoms with E-state index in [0.717, 1.165) is 71.2 Å². The van der Waals surface area contributed by atoms with E-state index in [9.17, 15) is 9.18 Å². The van der Waals surface area contributed by atoms with Crippen LogP contribution in [0.15, 0.2) is 29.3 Å². The number of carbonyl (C=O) groups excluding carboxylic acids is 1. The van der Waals surface area contributed by atoms with Crippen LogP contribution in [0.5, 0.6) is 0 Å². The van der Waals surface area contributed by atoms with Crippen LogP contribution in [0.4, 0.5) is 10.1 Å². The maximum Gasteiger partial charge on any atom is 0.222 e. The topological polar surface area (TPSA) is 63.2 Å². The van der Waals surface area contributed by atoms with E-state index in [1.165, 1.54) is 6.07 Å². The van der Waals surface area contributed by atoms with E-state index in [4.69, 9.17) is 4.99 Å². The summed E-state index contributed by atoms with van der Waals surface area (Å²) < 4.78 is 14.0. The molecule has 2 aliphatic heterocycles. The molecule has 7 nitrogen and oxygen atoms in total. The number of anilines is 1. The molecule has 2 saturated heterocycles. The van der Waals surface area contributed by atoms with Crippen molar-refractivity contribution in [3.8, 4) is 0 Å². The Morgan fingerprint density at radius 1 is 1.23 bits per heavy atom. The van der Waals surface area contributed by atoms with E-state index >= 15 is 0 Å². The number of likely N-dealkylation sites (tertiary alicyclic amines) is 1. The summed E-state index contributed by atoms with van der Waals surface area (Å²) in [6, 6.07) is 7.26. The molecule has 0 radical (unpaired) electrons. The van der Waals surface area contributed by atoms with Crippen molar-refractivity contribution >= 4 is 41.5 Å². The predicted molar refractivity (Wildman–Crippen MR) is 135 cm³/mol. The summed E-state index contributed by atoms with van der Waals surface area (Å²) in [7, 11) is 1.85. The quantitative estimate of drug-likeness (QED) is 0.238. The molecule has 9 heteroatoms. The molecule has 3 rings (SSSR count). The van der Waals surface area contributed by atoms with E-state index in [0.29, 0.717) is 12.1 Å². The summed E-state index contributed by atoms with van der Waals surface area (Å²) in [6.07, 6.45) is 2.42. The summed E-state index contributed by atoms with van der Waals surface area (Å²) in [6.45, 7) is 8.92. The molecule has 1 unspecified atom stereocenters. The van der Waals surface area contributed by atoms with E-state index in [-0.39, 0.29) is 41.7 Å². The molecular weight excluding hydrogens is 510 g/mol. The van der Waals surface area contributed by atoms with Crippen LogP contribution in [0.2, 0.25) is 0 Å². The zero-order valence-corrected chi connectivity index (χ0v) is 21.0. The van der Waals surface area contributed by atoms with Gasteiger partial charge in [-0.15, -0.1) is 24.0 Å². The SMILES string of the molecule is CCNC(=NCCCN1CCN(c2ccccc2F)CC1)NC1CCC(=O)N(C)C1.I. The Bertz CT molecular complexity index is 726. The molecule has 0 aromatic heterocycles. The fourth-order valence-electron chi connectivity index (χ4n) is 4.05. The first kappa shape index (κ1) is 25.6. The average Bonchev–Trinajstić information content (AvgIpc) is 2.75. The largest absolute Gasteiger partial charge is 0.367 e. The maximum absolute atomic E-state index is 14.0. The minimum absolute atomic E-state index is 0. The van der Waals surface area contributed by atoms with E-state index in [1.54, 1.807) is 11.0 Å². The van der Waals surface area contributed by atoms with Gasteiger partial charge in [-0.05, 0) is 31.9 Å². The molecule has 31 heavy (non-hydrogen) atoms. The Balaban J connectivity index is 0.00000341. The van der Waals surface area contributed by atoms with Crippen molar-refractivity contribution < 1.29 is 9.18 Å². The highest BCUT2D eigenvalue weighted by Gasteiger charge is 2.23. The molecule has 1 aromatic rings. The van der Waals surface area contributed by atoms with Crippen LogP contribution in [-0.4, -0.2) is 87.1 Å². The van der Waals surface area contributed by atoms with Gasteiger partial charge in [-0.25, -0.2) is 4.39 Å². The molecular formula is C22H36FIN6O. The molecule has 2 aliphatic rings. The van der Waals surface area contributed by atoms with Crippen LogP contribution in [-0.2, 0) is 4.79 Å². The number of nitrogens with one attached hydrogen (secondary N) is 2. The number of hydrogen-bond donors (Lipinski definition) is 2. The lowest BCUT2D eigenvalue weighted by Gasteiger charge is -2.36. The zero-order valence-electron chi connectivity index (χ0n) is 18.6. The monoisotopic (exact) mass is 546 g/mol. The number of guanidine groups is 1. The Kier molecular flexibility index (Phi) is 10.8. The number of benzene rings is 1. The Morgan fingerprint density at radius 2 is 1.97 bits per heavy atom. The Morgan fingerprint density at radius 3 is 2.65 bits per heavy atom. The summed E-state index contributed by atoms with van der Waals surface area (Å²) in [5.41, 5.74) is 0.707. The maximum atomic E-state index is 14.0. The summed E-state index contributed by atoms with van der Waals surface area (Å²) >= 11 is 0. The normalized spacial score (nSPS) is 20.4. The van der Waals surface area contributed by atoms with Gasteiger partial charge in [0.15, 0.2) is 5.96 Å². The number of aliphatic imine (C=N–C) groups is 1. The minimum Gasteiger partial charge on any atom is -0.367 e. The molecule has 1 aromatic carbocycles. The summed E-state index contributed by atoms with van der Waals surface area (Å²) in [4.78, 5) is 22.7. The third kappa shape index (κ3) is 7.78. The number of likely N-dealkylation sites (N-methyl/N-ethyl adjacent to an activating group) is 1. The van der Waals surface area contributed by atoms with E-state index in [2.05, 4.69) is 27.4 Å². The first-order valence-corrected chi connectivity index (χ1v) is 11.1. The number of nitrogens with zero attached hydrogens (tertiary/aromatic N) is 4. The third-order valence-corrected chi connectivity index (χ3v) is 5.78. The lowest BCUT2D eigenvalue weighted by Crippen LogP contribution is -2.51. The van der Waals surface area contributed by atoms with Gasteiger partial charge in [-0.2, -0.15) is 0 Å². The van der Waals surface area contributed by atoms with Crippen molar-refractivity contribution in [2.75, 3.05) is 64.3 Å². The van der Waals surface area contributed by atoms with Crippen LogP contribution < -0.4 is 15.5 Å². The van der Waals surface area contributed by atoms with Gasteiger partial charge < -0.3 is 20.4 Å². The molecule has 0 bridgehead atoms. The van der Waals surface area contributed by atoms with Gasteiger partial charge in [-0.1, -0.05) is 12.1 Å². The smallest absolute Gasteiger partial charge is 0.222 e. The van der Waals surface area contributed by atoms with Crippen LogP contribution in [0.3, 0.4) is 0 Å². The van der Waals surface area contributed by atoms with E-state index < -0.39 is 0 Å². The molecule has 2 fully saturated rings. The molecule has 174 valence electrons. The second-order valence-electron chi connectivity index (χ2n) is 8.05. The van der Waals surface area contributed by atoms with Gasteiger partial charge in [0.2, 0.25) is 5.91 Å². The zero-order chi connectivity index (χ0) is 21.3. The second-order valence-corrected chi connectivity index (χ2v) is 8.05. The Labute approximate surface area is 202 Å². The molecule has 2 N–H and O–H groups in total. The number of carbonyl (C=O) groups is 1. The molecule has 0 saturated carbocycles. The van der Waals surface area contributed by atoms with Crippen LogP contribution in [0.1, 0.15) is 26.2 Å². The fraction of sp³-hybridized carbons (Fsp3) is 0.636. The standard InChI is InChI=1S/C22H35FN6O.HI/c1-3-24-22(26-18-9-10-21(30)27(2)17-18)25-11-6-12-28-13-15-29(16-14-28)20-8-5-4-7-19(20)23;/h4-5,7-8,18H,3,6,9-17H2,1-2H3,(H2,24,25,26);1H. The molecule has 0 spiro atoms. The van der Waals surface area contributed by atoms with Gasteiger partial charge >= 0.3 is 0 Å². The number of para-hydroxylation sites is 1. The molecule has 1 atom stereocenters. The van der Waals surface area contributed by atoms with Crippen molar-refractivity contribution in [3.63, 3.8) is 0 Å². The number of halogens is 2. The van der Waals surface area contributed by atoms with Crippen LogP contribution in [0, 0.1) is 5.82 Å². The second kappa shape index (κ2) is 13.0. The van der Waals surface area contributed by atoms with Crippen molar-refractivity contribution in [1.29, 1.82) is 0 Å². The van der Waals surface area contributed by atoms with Gasteiger partial charge in [0.25, 0.3) is 0 Å². The van der Waals surface area contributed by atoms with Crippen molar-refractivity contribution in [3.05, 3.63) is 30.1 Å². The van der Waals surface area contributed by atoms with Crippen molar-refractivity contribution in [1.82, 2.24) is 20.4 Å². The highest BCUT2D eigenvalue weighted by atomic mass is 127. The average molecular weight is 546 g/mol. The van der Waals surface area contributed by atoms with Gasteiger partial charge in [0, 0.05) is 71.9 Å². The highest BCUT2D eigenvalue weighted by Crippen LogP contribution is 2.20. The first-order chi connectivity index (χ1) is 14.6. The summed E-state index contributed by atoms with van der Waals surface area (Å²) in [5, 5.41) is 6.77. The number of hydrogen-bond acceptors (Lipinski definition) is 4. The number of piperidine rings is 1. The van der Waals surface area contributed by atoms with Gasteiger partial charge in [0.1, 0.15) is 5.82 Å². The van der Waals surface area contributed by atoms with Crippen molar-refractivity contribution in [2.45, 2.75) is 32.2 Å². The predicted octanol–water partition coefficient (Wildman–Crippen LogP) is 2.13. The Hall–Kier alpha value is -1.62. The number of amides is 1. The molecule has 1 amide bonds. The lowest BCUT2D eigenvalue weighted by molar-refractivity contribution is -0.132. The lowest BCUT2D eigenvalue weighted by atomic mass is 10.1. The molecule has 2 heterocycles. The number of rotatable bonds is 7. The first-order valence-electron chi connectivity index (χ1n) is 11.1. The third-order valence-electron chi connectivity index (χ3n) is 5.78. The van der Waals surface area contributed by atoms with Crippen molar-refractivity contribution in [2.24, 2.45) is 4.99 Å². The van der Waals surface area contributed by atoms with Crippen LogP contribution in [0.25, 0.3) is 0 Å². The molecule has 0 aliphatic carbocycles. The highest BCUT2D eigenvalue weighted by molar-refractivity contribution is 14.0. The van der Waals surface area contributed by atoms with Gasteiger partial charge in [0.05, 0.1) is 5.69 Å². The fourth-order valence-corrected chi connectivity index (χ4v) is 4.05. The van der Waals surface area contributed by atoms with Gasteiger partial charge in [-0.3, -0.25) is 14.7 Å². The number of piperazine rings is 1. The van der Waals surface area contributed by atoms with E-state index in [1.807, 2.05) is 19.2 Å².